The SMILES string of the molecule is Cc1ccc(C(=O)N/N=C\c2cc(O)c(O)c(Br)c2)cc1. The molecule has 0 radical (unpaired) electrons. The van der Waals surface area contributed by atoms with Crippen LogP contribution in [0.5, 0.6) is 11.5 Å². The monoisotopic (exact) mass is 348 g/mol. The lowest BCUT2D eigenvalue weighted by atomic mass is 10.1. The van der Waals surface area contributed by atoms with Crippen molar-refractivity contribution >= 4 is 28.1 Å². The number of carbonyl (C=O) groups is 1. The van der Waals surface area contributed by atoms with Gasteiger partial charge in [-0.25, -0.2) is 5.43 Å². The lowest BCUT2D eigenvalue weighted by Crippen LogP contribution is -2.17. The lowest BCUT2D eigenvalue weighted by molar-refractivity contribution is 0.0955. The first-order valence-corrected chi connectivity index (χ1v) is 6.88. The van der Waals surface area contributed by atoms with Gasteiger partial charge < -0.3 is 10.2 Å². The fourth-order valence-corrected chi connectivity index (χ4v) is 2.08. The predicted octanol–water partition coefficient (Wildman–Crippen LogP) is 2.93. The zero-order valence-electron chi connectivity index (χ0n) is 11.2. The van der Waals surface area contributed by atoms with Crippen LogP contribution in [0.1, 0.15) is 21.5 Å². The third-order valence-electron chi connectivity index (χ3n) is 2.76. The molecule has 0 fully saturated rings. The van der Waals surface area contributed by atoms with Crippen LogP contribution in [0.3, 0.4) is 0 Å². The fourth-order valence-electron chi connectivity index (χ4n) is 1.61. The van der Waals surface area contributed by atoms with Crippen LogP contribution in [0.4, 0.5) is 0 Å². The Morgan fingerprint density at radius 1 is 1.24 bits per heavy atom. The van der Waals surface area contributed by atoms with E-state index in [4.69, 9.17) is 0 Å². The zero-order valence-corrected chi connectivity index (χ0v) is 12.8. The summed E-state index contributed by atoms with van der Waals surface area (Å²) in [4.78, 5) is 11.8. The van der Waals surface area contributed by atoms with E-state index in [1.165, 1.54) is 12.3 Å². The first-order chi connectivity index (χ1) is 9.97. The highest BCUT2D eigenvalue weighted by Gasteiger charge is 2.06. The average Bonchev–Trinajstić information content (AvgIpc) is 2.45. The quantitative estimate of drug-likeness (QED) is 0.453. The Labute approximate surface area is 130 Å². The number of hydrazone groups is 1. The van der Waals surface area contributed by atoms with Gasteiger partial charge in [0.1, 0.15) is 0 Å². The Kier molecular flexibility index (Phi) is 4.59. The van der Waals surface area contributed by atoms with Crippen LogP contribution in [0.15, 0.2) is 46.0 Å². The molecule has 0 aliphatic carbocycles. The van der Waals surface area contributed by atoms with Gasteiger partial charge in [-0.05, 0) is 52.7 Å². The average molecular weight is 349 g/mol. The van der Waals surface area contributed by atoms with E-state index in [-0.39, 0.29) is 17.4 Å². The highest BCUT2D eigenvalue weighted by Crippen LogP contribution is 2.33. The number of phenolic OH excluding ortho intramolecular Hbond substituents is 2. The highest BCUT2D eigenvalue weighted by atomic mass is 79.9. The Morgan fingerprint density at radius 2 is 1.90 bits per heavy atom. The number of amides is 1. The van der Waals surface area contributed by atoms with Crippen molar-refractivity contribution < 1.29 is 15.0 Å². The molecule has 2 aromatic rings. The van der Waals surface area contributed by atoms with E-state index in [1.54, 1.807) is 18.2 Å². The van der Waals surface area contributed by atoms with Crippen LogP contribution in [0.2, 0.25) is 0 Å². The number of nitrogens with zero attached hydrogens (tertiary/aromatic N) is 1. The van der Waals surface area contributed by atoms with Crippen LogP contribution in [0, 0.1) is 6.92 Å². The second-order valence-corrected chi connectivity index (χ2v) is 5.29. The number of rotatable bonds is 3. The molecule has 0 bridgehead atoms. The van der Waals surface area contributed by atoms with Gasteiger partial charge in [-0.3, -0.25) is 4.79 Å². The second kappa shape index (κ2) is 6.41. The van der Waals surface area contributed by atoms with Gasteiger partial charge in [-0.1, -0.05) is 17.7 Å². The summed E-state index contributed by atoms with van der Waals surface area (Å²) in [7, 11) is 0. The maximum absolute atomic E-state index is 11.8. The molecule has 2 rings (SSSR count). The van der Waals surface area contributed by atoms with Gasteiger partial charge in [-0.2, -0.15) is 5.10 Å². The summed E-state index contributed by atoms with van der Waals surface area (Å²) in [6.07, 6.45) is 1.37. The van der Waals surface area contributed by atoms with Crippen molar-refractivity contribution in [2.24, 2.45) is 5.10 Å². The van der Waals surface area contributed by atoms with Gasteiger partial charge in [0, 0.05) is 5.56 Å². The number of aryl methyl sites for hydroxylation is 1. The Bertz CT molecular complexity index is 674. The molecule has 1 amide bonds. The van der Waals surface area contributed by atoms with Crippen LogP contribution in [-0.4, -0.2) is 22.3 Å². The zero-order chi connectivity index (χ0) is 15.4. The van der Waals surface area contributed by atoms with E-state index < -0.39 is 0 Å². The molecule has 0 saturated heterocycles. The maximum atomic E-state index is 11.8. The highest BCUT2D eigenvalue weighted by molar-refractivity contribution is 9.10. The van der Waals surface area contributed by atoms with E-state index in [1.807, 2.05) is 19.1 Å². The molecular weight excluding hydrogens is 336 g/mol. The van der Waals surface area contributed by atoms with Crippen molar-refractivity contribution in [1.82, 2.24) is 5.43 Å². The minimum Gasteiger partial charge on any atom is -0.504 e. The molecule has 3 N–H and O–H groups in total. The van der Waals surface area contributed by atoms with E-state index in [0.29, 0.717) is 15.6 Å². The number of hydrogen-bond acceptors (Lipinski definition) is 4. The summed E-state index contributed by atoms with van der Waals surface area (Å²) < 4.78 is 0.341. The van der Waals surface area contributed by atoms with Crippen molar-refractivity contribution in [3.63, 3.8) is 0 Å². The normalized spacial score (nSPS) is 10.8. The van der Waals surface area contributed by atoms with Crippen molar-refractivity contribution in [2.75, 3.05) is 0 Å². The van der Waals surface area contributed by atoms with Crippen molar-refractivity contribution in [3.05, 3.63) is 57.6 Å². The van der Waals surface area contributed by atoms with Crippen molar-refractivity contribution in [3.8, 4) is 11.5 Å². The molecule has 0 aliphatic heterocycles. The number of aromatic hydroxyl groups is 2. The van der Waals surface area contributed by atoms with Gasteiger partial charge in [0.15, 0.2) is 11.5 Å². The molecule has 0 heterocycles. The molecule has 0 aliphatic rings. The third kappa shape index (κ3) is 3.82. The fraction of sp³-hybridized carbons (Fsp3) is 0.0667. The molecule has 0 spiro atoms. The van der Waals surface area contributed by atoms with Gasteiger partial charge >= 0.3 is 0 Å². The van der Waals surface area contributed by atoms with E-state index >= 15 is 0 Å². The van der Waals surface area contributed by atoms with Gasteiger partial charge in [0.2, 0.25) is 0 Å². The van der Waals surface area contributed by atoms with Crippen molar-refractivity contribution in [1.29, 1.82) is 0 Å². The molecule has 21 heavy (non-hydrogen) atoms. The molecule has 0 unspecified atom stereocenters. The first kappa shape index (κ1) is 15.1. The number of nitrogens with one attached hydrogen (secondary N) is 1. The maximum Gasteiger partial charge on any atom is 0.271 e. The third-order valence-corrected chi connectivity index (χ3v) is 3.36. The molecule has 6 heteroatoms. The summed E-state index contributed by atoms with van der Waals surface area (Å²) in [6, 6.07) is 10.0. The van der Waals surface area contributed by atoms with E-state index in [0.717, 1.165) is 5.56 Å². The Balaban J connectivity index is 2.05. The number of hydrogen-bond donors (Lipinski definition) is 3. The second-order valence-electron chi connectivity index (χ2n) is 4.44. The molecule has 0 atom stereocenters. The van der Waals surface area contributed by atoms with Crippen LogP contribution >= 0.6 is 15.9 Å². The predicted molar refractivity (Wildman–Crippen MR) is 83.7 cm³/mol. The molecule has 2 aromatic carbocycles. The van der Waals surface area contributed by atoms with Gasteiger partial charge in [0.05, 0.1) is 10.7 Å². The topological polar surface area (TPSA) is 81.9 Å². The number of carbonyl (C=O) groups excluding carboxylic acids is 1. The minimum absolute atomic E-state index is 0.240. The largest absolute Gasteiger partial charge is 0.504 e. The van der Waals surface area contributed by atoms with Crippen LogP contribution in [0.25, 0.3) is 0 Å². The number of phenols is 2. The summed E-state index contributed by atoms with van der Waals surface area (Å²) >= 11 is 3.10. The summed E-state index contributed by atoms with van der Waals surface area (Å²) in [5.41, 5.74) is 4.50. The number of benzene rings is 2. The Morgan fingerprint density at radius 3 is 2.52 bits per heavy atom. The molecule has 5 nitrogen and oxygen atoms in total. The van der Waals surface area contributed by atoms with Gasteiger partial charge in [0.25, 0.3) is 5.91 Å². The number of halogens is 1. The molecule has 0 aromatic heterocycles. The van der Waals surface area contributed by atoms with E-state index in [2.05, 4.69) is 26.5 Å². The summed E-state index contributed by atoms with van der Waals surface area (Å²) in [5, 5.41) is 22.7. The lowest BCUT2D eigenvalue weighted by Gasteiger charge is -2.02. The van der Waals surface area contributed by atoms with E-state index in [9.17, 15) is 15.0 Å². The Hall–Kier alpha value is -2.34. The molecule has 108 valence electrons. The van der Waals surface area contributed by atoms with Crippen LogP contribution in [-0.2, 0) is 0 Å². The van der Waals surface area contributed by atoms with Gasteiger partial charge in [-0.15, -0.1) is 0 Å². The smallest absolute Gasteiger partial charge is 0.271 e. The summed E-state index contributed by atoms with van der Waals surface area (Å²) in [6.45, 7) is 1.94. The standard InChI is InChI=1S/C15H13BrN2O3/c1-9-2-4-11(5-3-9)15(21)18-17-8-10-6-12(16)14(20)13(19)7-10/h2-8,19-20H,1H3,(H,18,21)/b17-8-. The van der Waals surface area contributed by atoms with Crippen LogP contribution < -0.4 is 5.43 Å². The van der Waals surface area contributed by atoms with Crippen molar-refractivity contribution in [2.45, 2.75) is 6.92 Å². The first-order valence-electron chi connectivity index (χ1n) is 6.09. The summed E-state index contributed by atoms with van der Waals surface area (Å²) in [5.74, 6) is -0.833. The molecular formula is C15H13BrN2O3. The minimum atomic E-state index is -0.326. The molecule has 0 saturated carbocycles.